The molecule has 2 fully saturated rings. The molecular formula is C16H18FNOS. The van der Waals surface area contributed by atoms with Crippen LogP contribution in [0, 0.1) is 17.1 Å². The van der Waals surface area contributed by atoms with Gasteiger partial charge in [-0.1, -0.05) is 18.6 Å². The van der Waals surface area contributed by atoms with E-state index < -0.39 is 5.60 Å². The average Bonchev–Trinajstić information content (AvgIpc) is 2.38. The maximum absolute atomic E-state index is 14.3. The van der Waals surface area contributed by atoms with Crippen LogP contribution < -0.4 is 0 Å². The van der Waals surface area contributed by atoms with E-state index in [9.17, 15) is 9.50 Å². The molecule has 2 saturated heterocycles. The second-order valence-electron chi connectivity index (χ2n) is 5.90. The number of hydrogen-bond donors (Lipinski definition) is 1. The molecule has 2 aliphatic heterocycles. The largest absolute Gasteiger partial charge is 0.385 e. The highest BCUT2D eigenvalue weighted by molar-refractivity contribution is 8.00. The average molecular weight is 291 g/mol. The Hall–Kier alpha value is -1.05. The highest BCUT2D eigenvalue weighted by Gasteiger charge is 2.43. The Morgan fingerprint density at radius 1 is 1.35 bits per heavy atom. The number of rotatable bonds is 2. The van der Waals surface area contributed by atoms with Crippen LogP contribution in [0.4, 0.5) is 4.39 Å². The molecule has 4 heteroatoms. The van der Waals surface area contributed by atoms with Crippen molar-refractivity contribution in [2.24, 2.45) is 0 Å². The van der Waals surface area contributed by atoms with E-state index in [4.69, 9.17) is 5.26 Å². The Bertz CT molecular complexity index is 542. The standard InChI is InChI=1S/C16H18FNOS/c17-15-8-11(6-7-18)4-5-14(15)16(19)9-12-2-1-3-13(10-16)20-12/h4-5,8,12-13,19H,1-3,6,9-10H2. The minimum absolute atomic E-state index is 0.205. The van der Waals surface area contributed by atoms with Crippen molar-refractivity contribution in [3.05, 3.63) is 35.1 Å². The van der Waals surface area contributed by atoms with Crippen molar-refractivity contribution >= 4 is 11.8 Å². The van der Waals surface area contributed by atoms with Gasteiger partial charge < -0.3 is 5.11 Å². The van der Waals surface area contributed by atoms with E-state index in [1.165, 1.54) is 12.5 Å². The molecule has 1 aromatic rings. The first-order valence-corrected chi connectivity index (χ1v) is 8.09. The summed E-state index contributed by atoms with van der Waals surface area (Å²) in [6, 6.07) is 6.85. The zero-order valence-corrected chi connectivity index (χ0v) is 12.1. The number of benzene rings is 1. The molecule has 20 heavy (non-hydrogen) atoms. The van der Waals surface area contributed by atoms with E-state index in [-0.39, 0.29) is 12.2 Å². The number of fused-ring (bicyclic) bond motifs is 2. The number of hydrogen-bond acceptors (Lipinski definition) is 3. The molecule has 2 aliphatic rings. The lowest BCUT2D eigenvalue weighted by molar-refractivity contribution is 0.00492. The van der Waals surface area contributed by atoms with E-state index in [2.05, 4.69) is 0 Å². The fourth-order valence-electron chi connectivity index (χ4n) is 3.48. The monoisotopic (exact) mass is 291 g/mol. The molecule has 2 unspecified atom stereocenters. The van der Waals surface area contributed by atoms with Crippen molar-refractivity contribution < 1.29 is 9.50 Å². The van der Waals surface area contributed by atoms with Gasteiger partial charge in [-0.15, -0.1) is 0 Å². The Labute approximate surface area is 123 Å². The quantitative estimate of drug-likeness (QED) is 0.906. The van der Waals surface area contributed by atoms with Crippen molar-refractivity contribution in [2.75, 3.05) is 0 Å². The summed E-state index contributed by atoms with van der Waals surface area (Å²) >= 11 is 1.96. The number of thioether (sulfide) groups is 1. The maximum atomic E-state index is 14.3. The summed E-state index contributed by atoms with van der Waals surface area (Å²) < 4.78 is 14.3. The molecule has 0 radical (unpaired) electrons. The smallest absolute Gasteiger partial charge is 0.129 e. The number of halogens is 1. The minimum atomic E-state index is -1.03. The highest BCUT2D eigenvalue weighted by atomic mass is 32.2. The van der Waals surface area contributed by atoms with Gasteiger partial charge in [0.05, 0.1) is 18.1 Å². The fourth-order valence-corrected chi connectivity index (χ4v) is 5.37. The van der Waals surface area contributed by atoms with Crippen LogP contribution in [-0.2, 0) is 12.0 Å². The summed E-state index contributed by atoms with van der Waals surface area (Å²) in [6.45, 7) is 0. The Kier molecular flexibility index (Phi) is 3.74. The van der Waals surface area contributed by atoms with Gasteiger partial charge in [0.25, 0.3) is 0 Å². The summed E-state index contributed by atoms with van der Waals surface area (Å²) in [5, 5.41) is 20.5. The van der Waals surface area contributed by atoms with E-state index >= 15 is 0 Å². The molecule has 0 spiro atoms. The molecule has 3 rings (SSSR count). The van der Waals surface area contributed by atoms with E-state index in [1.54, 1.807) is 12.1 Å². The minimum Gasteiger partial charge on any atom is -0.385 e. The highest BCUT2D eigenvalue weighted by Crippen LogP contribution is 2.49. The third kappa shape index (κ3) is 2.57. The SMILES string of the molecule is N#CCc1ccc(C2(O)CC3CCCC(C2)S3)c(F)c1. The number of aliphatic hydroxyl groups is 1. The van der Waals surface area contributed by atoms with Crippen LogP contribution in [0.5, 0.6) is 0 Å². The summed E-state index contributed by atoms with van der Waals surface area (Å²) in [5.74, 6) is -0.370. The van der Waals surface area contributed by atoms with Gasteiger partial charge in [-0.3, -0.25) is 0 Å². The summed E-state index contributed by atoms with van der Waals surface area (Å²) in [5.41, 5.74) is 0.0510. The first kappa shape index (κ1) is 13.9. The maximum Gasteiger partial charge on any atom is 0.129 e. The van der Waals surface area contributed by atoms with Crippen molar-refractivity contribution in [2.45, 2.75) is 54.6 Å². The van der Waals surface area contributed by atoms with Gasteiger partial charge >= 0.3 is 0 Å². The molecule has 0 aromatic heterocycles. The zero-order chi connectivity index (χ0) is 14.2. The van der Waals surface area contributed by atoms with Gasteiger partial charge in [-0.05, 0) is 37.3 Å². The van der Waals surface area contributed by atoms with Crippen LogP contribution >= 0.6 is 11.8 Å². The van der Waals surface area contributed by atoms with Crippen LogP contribution in [-0.4, -0.2) is 15.6 Å². The van der Waals surface area contributed by atoms with Crippen LogP contribution in [0.15, 0.2) is 18.2 Å². The predicted octanol–water partition coefficient (Wildman–Crippen LogP) is 3.53. The predicted molar refractivity (Wildman–Crippen MR) is 77.9 cm³/mol. The van der Waals surface area contributed by atoms with Crippen molar-refractivity contribution in [1.29, 1.82) is 5.26 Å². The van der Waals surface area contributed by atoms with Gasteiger partial charge in [-0.2, -0.15) is 17.0 Å². The molecular weight excluding hydrogens is 273 g/mol. The summed E-state index contributed by atoms with van der Waals surface area (Å²) in [6.07, 6.45) is 4.96. The molecule has 106 valence electrons. The topological polar surface area (TPSA) is 44.0 Å². The fraction of sp³-hybridized carbons (Fsp3) is 0.562. The molecule has 2 nitrogen and oxygen atoms in total. The lowest BCUT2D eigenvalue weighted by Crippen LogP contribution is -2.41. The number of nitriles is 1. The normalized spacial score (nSPS) is 32.6. The Morgan fingerprint density at radius 3 is 2.65 bits per heavy atom. The Morgan fingerprint density at radius 2 is 2.05 bits per heavy atom. The van der Waals surface area contributed by atoms with Gasteiger partial charge in [-0.25, -0.2) is 4.39 Å². The first-order valence-electron chi connectivity index (χ1n) is 7.14. The molecule has 0 amide bonds. The van der Waals surface area contributed by atoms with Gasteiger partial charge in [0.2, 0.25) is 0 Å². The van der Waals surface area contributed by atoms with Crippen LogP contribution in [0.25, 0.3) is 0 Å². The van der Waals surface area contributed by atoms with Crippen LogP contribution in [0.1, 0.15) is 43.2 Å². The van der Waals surface area contributed by atoms with Crippen LogP contribution in [0.3, 0.4) is 0 Å². The van der Waals surface area contributed by atoms with Crippen molar-refractivity contribution in [1.82, 2.24) is 0 Å². The third-order valence-electron chi connectivity index (χ3n) is 4.39. The van der Waals surface area contributed by atoms with Crippen LogP contribution in [0.2, 0.25) is 0 Å². The zero-order valence-electron chi connectivity index (χ0n) is 11.3. The Balaban J connectivity index is 1.89. The summed E-state index contributed by atoms with van der Waals surface area (Å²) in [4.78, 5) is 0. The molecule has 1 N–H and O–H groups in total. The molecule has 0 aliphatic carbocycles. The third-order valence-corrected chi connectivity index (χ3v) is 5.96. The van der Waals surface area contributed by atoms with E-state index in [1.807, 2.05) is 17.8 Å². The molecule has 2 bridgehead atoms. The molecule has 0 saturated carbocycles. The lowest BCUT2D eigenvalue weighted by Gasteiger charge is -2.44. The van der Waals surface area contributed by atoms with E-state index in [0.717, 1.165) is 12.8 Å². The molecule has 2 heterocycles. The second kappa shape index (κ2) is 5.38. The molecule has 2 atom stereocenters. The van der Waals surface area contributed by atoms with Gasteiger partial charge in [0.1, 0.15) is 5.82 Å². The lowest BCUT2D eigenvalue weighted by atomic mass is 9.80. The van der Waals surface area contributed by atoms with Crippen molar-refractivity contribution in [3.8, 4) is 6.07 Å². The number of nitrogens with zero attached hydrogens (tertiary/aromatic N) is 1. The van der Waals surface area contributed by atoms with E-state index in [0.29, 0.717) is 34.5 Å². The van der Waals surface area contributed by atoms with Crippen molar-refractivity contribution in [3.63, 3.8) is 0 Å². The van der Waals surface area contributed by atoms with Gasteiger partial charge in [0.15, 0.2) is 0 Å². The first-order chi connectivity index (χ1) is 9.60. The second-order valence-corrected chi connectivity index (χ2v) is 7.51. The summed E-state index contributed by atoms with van der Waals surface area (Å²) in [7, 11) is 0. The van der Waals surface area contributed by atoms with Gasteiger partial charge in [0, 0.05) is 16.1 Å². The molecule has 1 aromatic carbocycles.